The SMILES string of the molecule is Cc1ccc(C2OC3(c4ccc(F)cc4)OC(=N)C(C#N)(C3C)C2(C#N)C#N)c(C)c1. The van der Waals surface area contributed by atoms with Crippen LogP contribution in [-0.2, 0) is 15.3 Å². The molecule has 6 nitrogen and oxygen atoms in total. The summed E-state index contributed by atoms with van der Waals surface area (Å²) in [7, 11) is 0. The van der Waals surface area contributed by atoms with Crippen LogP contribution in [0.4, 0.5) is 4.39 Å². The molecule has 4 atom stereocenters. The molecule has 0 amide bonds. The Hall–Kier alpha value is -3.73. The Bertz CT molecular complexity index is 1210. The molecule has 31 heavy (non-hydrogen) atoms. The minimum atomic E-state index is -2.03. The lowest BCUT2D eigenvalue weighted by Crippen LogP contribution is -2.57. The first-order chi connectivity index (χ1) is 14.7. The van der Waals surface area contributed by atoms with Crippen LogP contribution < -0.4 is 0 Å². The highest BCUT2D eigenvalue weighted by Crippen LogP contribution is 2.69. The van der Waals surface area contributed by atoms with Crippen molar-refractivity contribution in [3.8, 4) is 18.2 Å². The van der Waals surface area contributed by atoms with Crippen molar-refractivity contribution < 1.29 is 13.9 Å². The van der Waals surface area contributed by atoms with Crippen molar-refractivity contribution in [1.29, 1.82) is 21.2 Å². The molecule has 4 unspecified atom stereocenters. The number of aryl methyl sites for hydroxylation is 2. The van der Waals surface area contributed by atoms with Gasteiger partial charge in [0.25, 0.3) is 0 Å². The van der Waals surface area contributed by atoms with E-state index in [4.69, 9.17) is 14.9 Å². The summed E-state index contributed by atoms with van der Waals surface area (Å²) in [6, 6.07) is 17.1. The smallest absolute Gasteiger partial charge is 0.244 e. The molecule has 0 radical (unpaired) electrons. The monoisotopic (exact) mass is 414 g/mol. The van der Waals surface area contributed by atoms with Gasteiger partial charge in [-0.1, -0.05) is 30.7 Å². The second kappa shape index (κ2) is 6.64. The van der Waals surface area contributed by atoms with Crippen LogP contribution in [0.5, 0.6) is 0 Å². The number of nitrogens with zero attached hydrogens (tertiary/aromatic N) is 3. The lowest BCUT2D eigenvalue weighted by molar-refractivity contribution is -0.288. The summed E-state index contributed by atoms with van der Waals surface area (Å²) in [4.78, 5) is 0. The van der Waals surface area contributed by atoms with Gasteiger partial charge in [0.15, 0.2) is 5.41 Å². The number of rotatable bonds is 2. The quantitative estimate of drug-likeness (QED) is 0.774. The molecule has 2 aromatic carbocycles. The van der Waals surface area contributed by atoms with Gasteiger partial charge >= 0.3 is 0 Å². The standard InChI is InChI=1S/C24H19FN4O2/c1-14-4-9-19(15(2)10-14)20-22(11-26,12-27)23(13-28)16(3)24(30-20,31-21(23)29)17-5-7-18(25)8-6-17/h4-10,16,20,29H,1-3H3. The summed E-state index contributed by atoms with van der Waals surface area (Å²) in [5, 5.41) is 39.4. The van der Waals surface area contributed by atoms with E-state index in [2.05, 4.69) is 6.07 Å². The number of benzene rings is 2. The van der Waals surface area contributed by atoms with Crippen LogP contribution in [0, 0.1) is 75.8 Å². The van der Waals surface area contributed by atoms with Crippen LogP contribution in [0.1, 0.15) is 35.3 Å². The van der Waals surface area contributed by atoms with Gasteiger partial charge in [-0.2, -0.15) is 15.8 Å². The molecule has 1 N–H and O–H groups in total. The third-order valence-corrected chi connectivity index (χ3v) is 6.62. The van der Waals surface area contributed by atoms with Gasteiger partial charge < -0.3 is 9.47 Å². The van der Waals surface area contributed by atoms with Gasteiger partial charge in [-0.3, -0.25) is 5.41 Å². The molecule has 0 aliphatic carbocycles. The number of nitriles is 3. The highest BCUT2D eigenvalue weighted by atomic mass is 19.1. The Morgan fingerprint density at radius 2 is 1.65 bits per heavy atom. The Labute approximate surface area is 179 Å². The van der Waals surface area contributed by atoms with E-state index in [0.717, 1.165) is 11.1 Å². The Balaban J connectivity index is 2.06. The minimum absolute atomic E-state index is 0.405. The average Bonchev–Trinajstić information content (AvgIpc) is 2.91. The summed E-state index contributed by atoms with van der Waals surface area (Å²) in [6.07, 6.45) is -1.17. The number of nitrogens with one attached hydrogen (secondary N) is 1. The zero-order valence-corrected chi connectivity index (χ0v) is 17.2. The molecule has 2 bridgehead atoms. The first-order valence-electron chi connectivity index (χ1n) is 9.75. The number of halogens is 1. The Morgan fingerprint density at radius 3 is 2.19 bits per heavy atom. The second-order valence-electron chi connectivity index (χ2n) is 8.14. The number of ether oxygens (including phenoxy) is 2. The molecule has 2 heterocycles. The van der Waals surface area contributed by atoms with Crippen molar-refractivity contribution in [2.45, 2.75) is 32.7 Å². The Kier molecular flexibility index (Phi) is 4.40. The largest absolute Gasteiger partial charge is 0.443 e. The van der Waals surface area contributed by atoms with Gasteiger partial charge in [-0.15, -0.1) is 0 Å². The van der Waals surface area contributed by atoms with Gasteiger partial charge in [0.2, 0.25) is 17.1 Å². The molecule has 4 rings (SSSR count). The predicted octanol–water partition coefficient (Wildman–Crippen LogP) is 4.55. The van der Waals surface area contributed by atoms with Crippen molar-refractivity contribution >= 4 is 5.90 Å². The topological polar surface area (TPSA) is 114 Å². The zero-order chi connectivity index (χ0) is 22.6. The van der Waals surface area contributed by atoms with Gasteiger partial charge in [0.1, 0.15) is 11.9 Å². The Morgan fingerprint density at radius 1 is 1.00 bits per heavy atom. The van der Waals surface area contributed by atoms with E-state index in [-0.39, 0.29) is 0 Å². The average molecular weight is 414 g/mol. The highest BCUT2D eigenvalue weighted by Gasteiger charge is 2.79. The summed E-state index contributed by atoms with van der Waals surface area (Å²) < 4.78 is 25.9. The molecule has 7 heteroatoms. The van der Waals surface area contributed by atoms with Crippen LogP contribution in [0.15, 0.2) is 42.5 Å². The lowest BCUT2D eigenvalue weighted by Gasteiger charge is -2.49. The van der Waals surface area contributed by atoms with Crippen LogP contribution in [0.2, 0.25) is 0 Å². The maximum atomic E-state index is 13.6. The molecule has 0 aromatic heterocycles. The summed E-state index contributed by atoms with van der Waals surface area (Å²) in [5.41, 5.74) is -1.18. The first kappa shape index (κ1) is 20.5. The van der Waals surface area contributed by atoms with E-state index in [1.807, 2.05) is 38.1 Å². The molecular weight excluding hydrogens is 395 g/mol. The molecule has 0 spiro atoms. The predicted molar refractivity (Wildman–Crippen MR) is 108 cm³/mol. The van der Waals surface area contributed by atoms with Crippen molar-refractivity contribution in [2.24, 2.45) is 16.7 Å². The minimum Gasteiger partial charge on any atom is -0.443 e. The van der Waals surface area contributed by atoms with Crippen molar-refractivity contribution in [1.82, 2.24) is 0 Å². The van der Waals surface area contributed by atoms with Crippen molar-refractivity contribution in [3.63, 3.8) is 0 Å². The van der Waals surface area contributed by atoms with Gasteiger partial charge in [-0.25, -0.2) is 4.39 Å². The maximum absolute atomic E-state index is 13.6. The van der Waals surface area contributed by atoms with Gasteiger partial charge in [-0.05, 0) is 49.2 Å². The maximum Gasteiger partial charge on any atom is 0.244 e. The van der Waals surface area contributed by atoms with Crippen LogP contribution in [-0.4, -0.2) is 5.90 Å². The van der Waals surface area contributed by atoms with Gasteiger partial charge in [0.05, 0.1) is 24.1 Å². The fourth-order valence-corrected chi connectivity index (χ4v) is 4.95. The fourth-order valence-electron chi connectivity index (χ4n) is 4.95. The molecule has 2 fully saturated rings. The number of hydrogen-bond donors (Lipinski definition) is 1. The van der Waals surface area contributed by atoms with E-state index in [1.165, 1.54) is 24.3 Å². The molecule has 0 saturated carbocycles. The van der Waals surface area contributed by atoms with E-state index in [9.17, 15) is 20.2 Å². The van der Waals surface area contributed by atoms with E-state index in [1.54, 1.807) is 13.0 Å². The molecule has 2 aliphatic rings. The number of hydrogen-bond acceptors (Lipinski definition) is 6. The first-order valence-corrected chi connectivity index (χ1v) is 9.75. The van der Waals surface area contributed by atoms with Crippen molar-refractivity contribution in [3.05, 3.63) is 70.5 Å². The van der Waals surface area contributed by atoms with E-state index >= 15 is 0 Å². The van der Waals surface area contributed by atoms with E-state index < -0.39 is 40.4 Å². The summed E-state index contributed by atoms with van der Waals surface area (Å²) in [5.74, 6) is -3.47. The molecule has 2 aromatic rings. The molecule has 2 saturated heterocycles. The molecule has 2 aliphatic heterocycles. The molecular formula is C24H19FN4O2. The second-order valence-corrected chi connectivity index (χ2v) is 8.14. The third kappa shape index (κ3) is 2.34. The summed E-state index contributed by atoms with van der Waals surface area (Å²) in [6.45, 7) is 5.37. The fraction of sp³-hybridized carbons (Fsp3) is 0.333. The third-order valence-electron chi connectivity index (χ3n) is 6.62. The van der Waals surface area contributed by atoms with Crippen molar-refractivity contribution in [2.75, 3.05) is 0 Å². The van der Waals surface area contributed by atoms with Crippen LogP contribution in [0.3, 0.4) is 0 Å². The van der Waals surface area contributed by atoms with Crippen LogP contribution in [0.25, 0.3) is 0 Å². The summed E-state index contributed by atoms with van der Waals surface area (Å²) >= 11 is 0. The molecule has 154 valence electrons. The van der Waals surface area contributed by atoms with Crippen LogP contribution >= 0.6 is 0 Å². The zero-order valence-electron chi connectivity index (χ0n) is 17.2. The van der Waals surface area contributed by atoms with E-state index in [0.29, 0.717) is 11.1 Å². The highest BCUT2D eigenvalue weighted by molar-refractivity contribution is 5.89. The lowest BCUT2D eigenvalue weighted by atomic mass is 9.53. The number of fused-ring (bicyclic) bond motifs is 2. The van der Waals surface area contributed by atoms with Gasteiger partial charge in [0, 0.05) is 5.56 Å². The normalized spacial score (nSPS) is 30.5.